The second kappa shape index (κ2) is 7.20. The number of nitrogens with zero attached hydrogens (tertiary/aromatic N) is 2. The van der Waals surface area contributed by atoms with E-state index in [2.05, 4.69) is 20.9 Å². The minimum Gasteiger partial charge on any atom is -0.306 e. The van der Waals surface area contributed by atoms with Crippen LogP contribution in [0.2, 0.25) is 8.67 Å². The Labute approximate surface area is 177 Å². The number of imidazole rings is 1. The lowest BCUT2D eigenvalue weighted by Gasteiger charge is -2.31. The van der Waals surface area contributed by atoms with E-state index in [0.717, 1.165) is 22.4 Å². The maximum Gasteiger partial charge on any atom is 0.326 e. The van der Waals surface area contributed by atoms with Gasteiger partial charge in [0.05, 0.1) is 15.5 Å². The topological polar surface area (TPSA) is 75.2 Å². The van der Waals surface area contributed by atoms with Crippen LogP contribution >= 0.6 is 50.5 Å². The summed E-state index contributed by atoms with van der Waals surface area (Å²) in [6, 6.07) is 7.43. The lowest BCUT2D eigenvalue weighted by Crippen LogP contribution is -2.40. The van der Waals surface area contributed by atoms with Crippen molar-refractivity contribution in [2.45, 2.75) is 23.8 Å². The Balaban J connectivity index is 1.60. The third-order valence-electron chi connectivity index (χ3n) is 4.74. The van der Waals surface area contributed by atoms with Crippen molar-refractivity contribution >= 4 is 71.5 Å². The molecule has 0 unspecified atom stereocenters. The zero-order chi connectivity index (χ0) is 19.3. The molecule has 3 heterocycles. The maximum absolute atomic E-state index is 13.0. The van der Waals surface area contributed by atoms with Gasteiger partial charge in [0.15, 0.2) is 0 Å². The standard InChI is InChI=1S/C16H14BrCl2N3O3S2/c17-12-13(15(19)26-14(12)18)27(24,25)21-7-5-9(6-8-21)22-11-4-2-1-3-10(11)20-16(22)23/h1-4,9H,5-8H2,(H,20,23). The average molecular weight is 511 g/mol. The van der Waals surface area contributed by atoms with Crippen LogP contribution in [0.4, 0.5) is 0 Å². The number of H-pyrrole nitrogens is 1. The number of halogens is 3. The van der Waals surface area contributed by atoms with Crippen LogP contribution in [0, 0.1) is 0 Å². The average Bonchev–Trinajstić information content (AvgIpc) is 3.10. The number of aromatic nitrogens is 2. The van der Waals surface area contributed by atoms with E-state index >= 15 is 0 Å². The fourth-order valence-electron chi connectivity index (χ4n) is 3.47. The molecule has 1 fully saturated rings. The number of piperidine rings is 1. The van der Waals surface area contributed by atoms with E-state index in [9.17, 15) is 13.2 Å². The summed E-state index contributed by atoms with van der Waals surface area (Å²) < 4.78 is 29.9. The molecule has 0 radical (unpaired) electrons. The molecule has 6 nitrogen and oxygen atoms in total. The number of hydrogen-bond donors (Lipinski definition) is 1. The summed E-state index contributed by atoms with van der Waals surface area (Å²) in [6.07, 6.45) is 1.07. The Morgan fingerprint density at radius 3 is 2.44 bits per heavy atom. The van der Waals surface area contributed by atoms with Crippen LogP contribution in [0.25, 0.3) is 11.0 Å². The molecule has 1 aliphatic heterocycles. The second-order valence-electron chi connectivity index (χ2n) is 6.25. The van der Waals surface area contributed by atoms with Crippen molar-refractivity contribution in [1.29, 1.82) is 0 Å². The smallest absolute Gasteiger partial charge is 0.306 e. The molecule has 0 bridgehead atoms. The van der Waals surface area contributed by atoms with Crippen molar-refractivity contribution in [3.05, 3.63) is 47.9 Å². The number of hydrogen-bond acceptors (Lipinski definition) is 4. The molecule has 1 saturated heterocycles. The van der Waals surface area contributed by atoms with Gasteiger partial charge in [0.1, 0.15) is 13.6 Å². The normalized spacial score (nSPS) is 17.0. The van der Waals surface area contributed by atoms with E-state index in [0.29, 0.717) is 34.7 Å². The van der Waals surface area contributed by atoms with Gasteiger partial charge in [-0.2, -0.15) is 4.31 Å². The van der Waals surface area contributed by atoms with Gasteiger partial charge in [-0.25, -0.2) is 13.2 Å². The van der Waals surface area contributed by atoms with Crippen LogP contribution in [-0.2, 0) is 10.0 Å². The first-order chi connectivity index (χ1) is 12.8. The predicted molar refractivity (Wildman–Crippen MR) is 112 cm³/mol. The highest BCUT2D eigenvalue weighted by Crippen LogP contribution is 2.44. The second-order valence-corrected chi connectivity index (χ2v) is 11.1. The van der Waals surface area contributed by atoms with Gasteiger partial charge in [0.25, 0.3) is 0 Å². The Morgan fingerprint density at radius 2 is 1.81 bits per heavy atom. The zero-order valence-corrected chi connectivity index (χ0v) is 18.5. The van der Waals surface area contributed by atoms with Crippen LogP contribution in [0.3, 0.4) is 0 Å². The van der Waals surface area contributed by atoms with Crippen molar-refractivity contribution in [3.63, 3.8) is 0 Å². The van der Waals surface area contributed by atoms with Gasteiger partial charge in [-0.05, 0) is 40.9 Å². The fourth-order valence-corrected chi connectivity index (χ4v) is 8.42. The molecule has 0 spiro atoms. The highest BCUT2D eigenvalue weighted by Gasteiger charge is 2.35. The third kappa shape index (κ3) is 3.28. The van der Waals surface area contributed by atoms with Gasteiger partial charge in [-0.3, -0.25) is 4.57 Å². The Morgan fingerprint density at radius 1 is 1.15 bits per heavy atom. The molecular weight excluding hydrogens is 497 g/mol. The number of para-hydroxylation sites is 2. The van der Waals surface area contributed by atoms with Crippen molar-refractivity contribution < 1.29 is 8.42 Å². The number of benzene rings is 1. The molecule has 27 heavy (non-hydrogen) atoms. The monoisotopic (exact) mass is 509 g/mol. The Kier molecular flexibility index (Phi) is 5.19. The van der Waals surface area contributed by atoms with E-state index in [4.69, 9.17) is 23.2 Å². The van der Waals surface area contributed by atoms with Crippen LogP contribution < -0.4 is 5.69 Å². The lowest BCUT2D eigenvalue weighted by molar-refractivity contribution is 0.274. The summed E-state index contributed by atoms with van der Waals surface area (Å²) in [5.74, 6) is 0. The minimum absolute atomic E-state index is 0.0156. The maximum atomic E-state index is 13.0. The van der Waals surface area contributed by atoms with Crippen LogP contribution in [0.15, 0.2) is 38.4 Å². The zero-order valence-electron chi connectivity index (χ0n) is 13.8. The van der Waals surface area contributed by atoms with Gasteiger partial charge in [-0.15, -0.1) is 11.3 Å². The van der Waals surface area contributed by atoms with Crippen molar-refractivity contribution in [2.24, 2.45) is 0 Å². The molecule has 144 valence electrons. The fraction of sp³-hybridized carbons (Fsp3) is 0.312. The summed E-state index contributed by atoms with van der Waals surface area (Å²) in [7, 11) is -3.76. The van der Waals surface area contributed by atoms with Crippen molar-refractivity contribution in [1.82, 2.24) is 13.9 Å². The van der Waals surface area contributed by atoms with E-state index < -0.39 is 10.0 Å². The van der Waals surface area contributed by atoms with E-state index in [1.54, 1.807) is 4.57 Å². The lowest BCUT2D eigenvalue weighted by atomic mass is 10.1. The first-order valence-electron chi connectivity index (χ1n) is 8.13. The summed E-state index contributed by atoms with van der Waals surface area (Å²) in [6.45, 7) is 0.602. The Hall–Kier alpha value is -0.840. The van der Waals surface area contributed by atoms with Gasteiger partial charge in [0, 0.05) is 19.1 Å². The summed E-state index contributed by atoms with van der Waals surface area (Å²) >= 11 is 16.3. The molecular formula is C16H14BrCl2N3O3S2. The largest absolute Gasteiger partial charge is 0.326 e. The van der Waals surface area contributed by atoms with Gasteiger partial charge in [-0.1, -0.05) is 35.3 Å². The molecule has 0 amide bonds. The van der Waals surface area contributed by atoms with E-state index in [-0.39, 0.29) is 21.0 Å². The summed E-state index contributed by atoms with van der Waals surface area (Å²) in [5.41, 5.74) is 1.44. The van der Waals surface area contributed by atoms with Crippen LogP contribution in [0.5, 0.6) is 0 Å². The van der Waals surface area contributed by atoms with Gasteiger partial charge in [0.2, 0.25) is 10.0 Å². The summed E-state index contributed by atoms with van der Waals surface area (Å²) in [4.78, 5) is 15.2. The highest BCUT2D eigenvalue weighted by molar-refractivity contribution is 9.10. The number of thiophene rings is 1. The SMILES string of the molecule is O=c1[nH]c2ccccc2n1C1CCN(S(=O)(=O)c2c(Cl)sc(Cl)c2Br)CC1. The molecule has 11 heteroatoms. The third-order valence-corrected chi connectivity index (χ3v) is 10.1. The first kappa shape index (κ1) is 19.5. The molecule has 3 aromatic rings. The van der Waals surface area contributed by atoms with Gasteiger partial charge < -0.3 is 4.98 Å². The molecule has 0 atom stereocenters. The molecule has 1 aliphatic rings. The molecule has 0 saturated carbocycles. The van der Waals surface area contributed by atoms with Crippen LogP contribution in [0.1, 0.15) is 18.9 Å². The number of rotatable bonds is 3. The number of nitrogens with one attached hydrogen (secondary N) is 1. The van der Waals surface area contributed by atoms with Crippen molar-refractivity contribution in [3.8, 4) is 0 Å². The summed E-state index contributed by atoms with van der Waals surface area (Å²) in [5, 5.41) is 0. The number of fused-ring (bicyclic) bond motifs is 1. The molecule has 2 aromatic heterocycles. The Bertz CT molecular complexity index is 1180. The molecule has 1 N–H and O–H groups in total. The molecule has 1 aromatic carbocycles. The number of aromatic amines is 1. The quantitative estimate of drug-likeness (QED) is 0.564. The minimum atomic E-state index is -3.76. The van der Waals surface area contributed by atoms with Crippen molar-refractivity contribution in [2.75, 3.05) is 13.1 Å². The first-order valence-corrected chi connectivity index (χ1v) is 11.9. The van der Waals surface area contributed by atoms with E-state index in [1.807, 2.05) is 24.3 Å². The van der Waals surface area contributed by atoms with E-state index in [1.165, 1.54) is 4.31 Å². The number of sulfonamides is 1. The predicted octanol–water partition coefficient (Wildman–Crippen LogP) is 4.49. The molecule has 4 rings (SSSR count). The van der Waals surface area contributed by atoms with Crippen LogP contribution in [-0.4, -0.2) is 35.4 Å². The van der Waals surface area contributed by atoms with Gasteiger partial charge >= 0.3 is 5.69 Å². The highest BCUT2D eigenvalue weighted by atomic mass is 79.9. The molecule has 0 aliphatic carbocycles.